The molecule has 0 spiro atoms. The van der Waals surface area contributed by atoms with Crippen molar-refractivity contribution in [2.24, 2.45) is 0 Å². The Bertz CT molecular complexity index is 403. The standard InChI is InChI=1S/C10H9BrO4/c1-6(12)15-8-5-10-9(4-7(8)11)13-2-3-14-10/h4-5H,2-3H2,1H3. The van der Waals surface area contributed by atoms with E-state index in [4.69, 9.17) is 14.2 Å². The third-order valence-electron chi connectivity index (χ3n) is 1.85. The fraction of sp³-hybridized carbons (Fsp3) is 0.300. The van der Waals surface area contributed by atoms with Gasteiger partial charge in [0.05, 0.1) is 4.47 Å². The van der Waals surface area contributed by atoms with Crippen LogP contribution < -0.4 is 14.2 Å². The average Bonchev–Trinajstić information content (AvgIpc) is 2.18. The zero-order valence-electron chi connectivity index (χ0n) is 8.08. The number of rotatable bonds is 1. The summed E-state index contributed by atoms with van der Waals surface area (Å²) in [4.78, 5) is 10.8. The molecule has 0 amide bonds. The van der Waals surface area contributed by atoms with Gasteiger partial charge in [-0.25, -0.2) is 0 Å². The van der Waals surface area contributed by atoms with E-state index in [1.54, 1.807) is 12.1 Å². The van der Waals surface area contributed by atoms with Crippen molar-refractivity contribution >= 4 is 21.9 Å². The second-order valence-corrected chi connectivity index (χ2v) is 3.87. The van der Waals surface area contributed by atoms with E-state index in [1.807, 2.05) is 0 Å². The summed E-state index contributed by atoms with van der Waals surface area (Å²) in [5.41, 5.74) is 0. The van der Waals surface area contributed by atoms with E-state index >= 15 is 0 Å². The van der Waals surface area contributed by atoms with Crippen molar-refractivity contribution in [3.8, 4) is 17.2 Å². The van der Waals surface area contributed by atoms with Crippen LogP contribution in [0, 0.1) is 0 Å². The molecule has 15 heavy (non-hydrogen) atoms. The van der Waals surface area contributed by atoms with Gasteiger partial charge in [-0.1, -0.05) is 0 Å². The highest BCUT2D eigenvalue weighted by Crippen LogP contribution is 2.39. The fourth-order valence-electron chi connectivity index (χ4n) is 1.28. The van der Waals surface area contributed by atoms with Crippen LogP contribution in [0.5, 0.6) is 17.2 Å². The van der Waals surface area contributed by atoms with Crippen molar-refractivity contribution in [1.29, 1.82) is 0 Å². The smallest absolute Gasteiger partial charge is 0.308 e. The SMILES string of the molecule is CC(=O)Oc1cc2c(cc1Br)OCCO2. The van der Waals surface area contributed by atoms with Gasteiger partial charge < -0.3 is 14.2 Å². The highest BCUT2D eigenvalue weighted by molar-refractivity contribution is 9.10. The first-order valence-corrected chi connectivity index (χ1v) is 5.23. The van der Waals surface area contributed by atoms with Gasteiger partial charge in [-0.15, -0.1) is 0 Å². The molecular weight excluding hydrogens is 264 g/mol. The summed E-state index contributed by atoms with van der Waals surface area (Å²) in [6, 6.07) is 3.37. The first-order valence-electron chi connectivity index (χ1n) is 4.44. The maximum atomic E-state index is 10.8. The highest BCUT2D eigenvalue weighted by Gasteiger charge is 2.16. The van der Waals surface area contributed by atoms with Gasteiger partial charge in [-0.3, -0.25) is 4.79 Å². The summed E-state index contributed by atoms with van der Waals surface area (Å²) in [5, 5.41) is 0. The van der Waals surface area contributed by atoms with E-state index in [2.05, 4.69) is 15.9 Å². The summed E-state index contributed by atoms with van der Waals surface area (Å²) < 4.78 is 16.4. The first kappa shape index (κ1) is 10.3. The van der Waals surface area contributed by atoms with Crippen LogP contribution >= 0.6 is 15.9 Å². The van der Waals surface area contributed by atoms with Crippen molar-refractivity contribution in [3.63, 3.8) is 0 Å². The molecule has 0 unspecified atom stereocenters. The van der Waals surface area contributed by atoms with Crippen molar-refractivity contribution in [2.45, 2.75) is 6.92 Å². The Kier molecular flexibility index (Phi) is 2.81. The number of hydrogen-bond donors (Lipinski definition) is 0. The van der Waals surface area contributed by atoms with Crippen LogP contribution in [0.3, 0.4) is 0 Å². The molecule has 0 aromatic heterocycles. The molecule has 4 nitrogen and oxygen atoms in total. The molecule has 0 bridgehead atoms. The number of ether oxygens (including phenoxy) is 3. The lowest BCUT2D eigenvalue weighted by atomic mass is 10.3. The van der Waals surface area contributed by atoms with Crippen LogP contribution in [0.15, 0.2) is 16.6 Å². The zero-order chi connectivity index (χ0) is 10.8. The van der Waals surface area contributed by atoms with Crippen molar-refractivity contribution in [3.05, 3.63) is 16.6 Å². The summed E-state index contributed by atoms with van der Waals surface area (Å²) in [6.07, 6.45) is 0. The molecule has 1 aromatic carbocycles. The van der Waals surface area contributed by atoms with Crippen LogP contribution in [0.2, 0.25) is 0 Å². The van der Waals surface area contributed by atoms with Gasteiger partial charge in [0.15, 0.2) is 11.5 Å². The maximum Gasteiger partial charge on any atom is 0.308 e. The quantitative estimate of drug-likeness (QED) is 0.581. The zero-order valence-corrected chi connectivity index (χ0v) is 9.67. The molecule has 0 N–H and O–H groups in total. The van der Waals surface area contributed by atoms with Gasteiger partial charge in [-0.05, 0) is 15.9 Å². The van der Waals surface area contributed by atoms with Crippen LogP contribution in [0.25, 0.3) is 0 Å². The lowest BCUT2D eigenvalue weighted by Crippen LogP contribution is -2.15. The first-order chi connectivity index (χ1) is 7.16. The molecule has 1 aromatic rings. The van der Waals surface area contributed by atoms with E-state index in [0.29, 0.717) is 34.9 Å². The molecular formula is C10H9BrO4. The monoisotopic (exact) mass is 272 g/mol. The number of halogens is 1. The molecule has 2 rings (SSSR count). The van der Waals surface area contributed by atoms with Crippen LogP contribution in [-0.2, 0) is 4.79 Å². The van der Waals surface area contributed by atoms with Crippen LogP contribution in [0.1, 0.15) is 6.92 Å². The summed E-state index contributed by atoms with van der Waals surface area (Å²) in [5.74, 6) is 1.32. The number of benzene rings is 1. The second-order valence-electron chi connectivity index (χ2n) is 3.02. The largest absolute Gasteiger partial charge is 0.486 e. The Morgan fingerprint density at radius 1 is 1.33 bits per heavy atom. The Morgan fingerprint density at radius 2 is 1.93 bits per heavy atom. The Hall–Kier alpha value is -1.23. The second kappa shape index (κ2) is 4.10. The molecule has 1 aliphatic rings. The predicted molar refractivity (Wildman–Crippen MR) is 56.4 cm³/mol. The van der Waals surface area contributed by atoms with Gasteiger partial charge >= 0.3 is 5.97 Å². The summed E-state index contributed by atoms with van der Waals surface area (Å²) in [6.45, 7) is 2.39. The maximum absolute atomic E-state index is 10.8. The fourth-order valence-corrected chi connectivity index (χ4v) is 1.68. The van der Waals surface area contributed by atoms with Crippen LogP contribution in [-0.4, -0.2) is 19.2 Å². The number of esters is 1. The normalized spacial score (nSPS) is 13.5. The Balaban J connectivity index is 2.36. The molecule has 0 atom stereocenters. The molecule has 1 aliphatic heterocycles. The van der Waals surface area contributed by atoms with Crippen LogP contribution in [0.4, 0.5) is 0 Å². The molecule has 0 radical (unpaired) electrons. The van der Waals surface area contributed by atoms with E-state index in [0.717, 1.165) is 0 Å². The number of fused-ring (bicyclic) bond motifs is 1. The number of carbonyl (C=O) groups excluding carboxylic acids is 1. The topological polar surface area (TPSA) is 44.8 Å². The summed E-state index contributed by atoms with van der Waals surface area (Å²) in [7, 11) is 0. The van der Waals surface area contributed by atoms with Gasteiger partial charge in [0.2, 0.25) is 0 Å². The highest BCUT2D eigenvalue weighted by atomic mass is 79.9. The Morgan fingerprint density at radius 3 is 2.53 bits per heavy atom. The minimum atomic E-state index is -0.368. The number of hydrogen-bond acceptors (Lipinski definition) is 4. The molecule has 0 saturated carbocycles. The minimum absolute atomic E-state index is 0.368. The van der Waals surface area contributed by atoms with Crippen molar-refractivity contribution in [2.75, 3.05) is 13.2 Å². The van der Waals surface area contributed by atoms with Gasteiger partial charge in [-0.2, -0.15) is 0 Å². The molecule has 1 heterocycles. The van der Waals surface area contributed by atoms with Crippen molar-refractivity contribution in [1.82, 2.24) is 0 Å². The lowest BCUT2D eigenvalue weighted by molar-refractivity contribution is -0.131. The summed E-state index contributed by atoms with van der Waals surface area (Å²) >= 11 is 3.29. The Labute approximate surface area is 95.3 Å². The van der Waals surface area contributed by atoms with E-state index in [9.17, 15) is 4.79 Å². The molecule has 0 saturated heterocycles. The molecule has 0 fully saturated rings. The average molecular weight is 273 g/mol. The predicted octanol–water partition coefficient (Wildman–Crippen LogP) is 2.15. The lowest BCUT2D eigenvalue weighted by Gasteiger charge is -2.19. The van der Waals surface area contributed by atoms with E-state index in [-0.39, 0.29) is 5.97 Å². The number of carbonyl (C=O) groups is 1. The third-order valence-corrected chi connectivity index (χ3v) is 2.47. The molecule has 80 valence electrons. The third kappa shape index (κ3) is 2.23. The van der Waals surface area contributed by atoms with Crippen molar-refractivity contribution < 1.29 is 19.0 Å². The van der Waals surface area contributed by atoms with Gasteiger partial charge in [0, 0.05) is 19.1 Å². The van der Waals surface area contributed by atoms with Gasteiger partial charge in [0.1, 0.15) is 19.0 Å². The molecule has 5 heteroatoms. The van der Waals surface area contributed by atoms with Gasteiger partial charge in [0.25, 0.3) is 0 Å². The minimum Gasteiger partial charge on any atom is -0.486 e. The van der Waals surface area contributed by atoms with E-state index in [1.165, 1.54) is 6.92 Å². The van der Waals surface area contributed by atoms with E-state index < -0.39 is 0 Å². The molecule has 0 aliphatic carbocycles.